The SMILES string of the molecule is CC1(C)OCC(COc2ccccc2)(NC(=O)NCCCl)CO1. The summed E-state index contributed by atoms with van der Waals surface area (Å²) >= 11 is 5.59. The zero-order valence-corrected chi connectivity index (χ0v) is 14.2. The molecule has 0 radical (unpaired) electrons. The number of ether oxygens (including phenoxy) is 3. The van der Waals surface area contributed by atoms with Crippen LogP contribution in [0, 0.1) is 0 Å². The van der Waals surface area contributed by atoms with Crippen molar-refractivity contribution in [2.75, 3.05) is 32.2 Å². The minimum atomic E-state index is -0.762. The minimum absolute atomic E-state index is 0.237. The Morgan fingerprint density at radius 3 is 2.52 bits per heavy atom. The monoisotopic (exact) mass is 342 g/mol. The van der Waals surface area contributed by atoms with E-state index in [0.29, 0.717) is 25.6 Å². The van der Waals surface area contributed by atoms with E-state index in [2.05, 4.69) is 10.6 Å². The van der Waals surface area contributed by atoms with Crippen molar-refractivity contribution in [2.45, 2.75) is 25.2 Å². The second kappa shape index (κ2) is 7.86. The first-order valence-corrected chi connectivity index (χ1v) is 8.06. The smallest absolute Gasteiger partial charge is 0.315 e. The van der Waals surface area contributed by atoms with Gasteiger partial charge in [0, 0.05) is 12.4 Å². The number of hydrogen-bond donors (Lipinski definition) is 2. The summed E-state index contributed by atoms with van der Waals surface area (Å²) in [5.41, 5.74) is -0.762. The van der Waals surface area contributed by atoms with E-state index in [9.17, 15) is 4.79 Å². The molecule has 1 fully saturated rings. The van der Waals surface area contributed by atoms with Gasteiger partial charge in [-0.15, -0.1) is 11.6 Å². The first kappa shape index (κ1) is 17.8. The van der Waals surface area contributed by atoms with Crippen LogP contribution in [0.1, 0.15) is 13.8 Å². The van der Waals surface area contributed by atoms with E-state index in [1.165, 1.54) is 0 Å². The van der Waals surface area contributed by atoms with E-state index >= 15 is 0 Å². The van der Waals surface area contributed by atoms with Crippen LogP contribution in [0.5, 0.6) is 5.75 Å². The van der Waals surface area contributed by atoms with Crippen LogP contribution in [-0.2, 0) is 9.47 Å². The van der Waals surface area contributed by atoms with E-state index in [4.69, 9.17) is 25.8 Å². The van der Waals surface area contributed by atoms with Crippen molar-refractivity contribution >= 4 is 17.6 Å². The lowest BCUT2D eigenvalue weighted by molar-refractivity contribution is -0.272. The number of benzene rings is 1. The van der Waals surface area contributed by atoms with Crippen molar-refractivity contribution in [1.29, 1.82) is 0 Å². The molecule has 0 unspecified atom stereocenters. The summed E-state index contributed by atoms with van der Waals surface area (Å²) < 4.78 is 17.2. The Morgan fingerprint density at radius 2 is 1.91 bits per heavy atom. The van der Waals surface area contributed by atoms with Crippen molar-refractivity contribution in [1.82, 2.24) is 10.6 Å². The zero-order valence-electron chi connectivity index (χ0n) is 13.4. The average Bonchev–Trinajstić information content (AvgIpc) is 2.55. The summed E-state index contributed by atoms with van der Waals surface area (Å²) in [7, 11) is 0. The number of para-hydroxylation sites is 1. The topological polar surface area (TPSA) is 68.8 Å². The summed E-state index contributed by atoms with van der Waals surface area (Å²) in [6, 6.07) is 9.08. The Balaban J connectivity index is 2.01. The summed E-state index contributed by atoms with van der Waals surface area (Å²) in [6.45, 7) is 4.88. The van der Waals surface area contributed by atoms with Gasteiger partial charge in [-0.1, -0.05) is 18.2 Å². The Bertz CT molecular complexity index is 500. The molecule has 7 heteroatoms. The highest BCUT2D eigenvalue weighted by molar-refractivity contribution is 6.18. The lowest BCUT2D eigenvalue weighted by atomic mass is 10.0. The third-order valence-corrected chi connectivity index (χ3v) is 3.60. The number of urea groups is 1. The predicted octanol–water partition coefficient (Wildman–Crippen LogP) is 2.13. The molecule has 0 aliphatic carbocycles. The normalized spacial score (nSPS) is 18.9. The van der Waals surface area contributed by atoms with Crippen molar-refractivity contribution in [2.24, 2.45) is 0 Å². The molecule has 2 amide bonds. The molecule has 6 nitrogen and oxygen atoms in total. The van der Waals surface area contributed by atoms with Gasteiger partial charge in [-0.25, -0.2) is 4.79 Å². The molecule has 1 aliphatic rings. The summed E-state index contributed by atoms with van der Waals surface area (Å²) in [6.07, 6.45) is 0. The molecular formula is C16H23ClN2O4. The van der Waals surface area contributed by atoms with E-state index in [1.807, 2.05) is 44.2 Å². The minimum Gasteiger partial charge on any atom is -0.491 e. The molecule has 0 saturated carbocycles. The van der Waals surface area contributed by atoms with Gasteiger partial charge in [0.25, 0.3) is 0 Å². The molecule has 1 aromatic carbocycles. The van der Waals surface area contributed by atoms with Crippen LogP contribution < -0.4 is 15.4 Å². The highest BCUT2D eigenvalue weighted by Gasteiger charge is 2.42. The highest BCUT2D eigenvalue weighted by atomic mass is 35.5. The predicted molar refractivity (Wildman–Crippen MR) is 87.9 cm³/mol. The number of halogens is 1. The second-order valence-corrected chi connectivity index (χ2v) is 6.31. The number of alkyl halides is 1. The van der Waals surface area contributed by atoms with Crippen molar-refractivity contribution < 1.29 is 19.0 Å². The molecule has 1 aliphatic heterocycles. The average molecular weight is 343 g/mol. The molecule has 0 bridgehead atoms. The van der Waals surface area contributed by atoms with Gasteiger partial charge < -0.3 is 24.8 Å². The number of hydrogen-bond acceptors (Lipinski definition) is 4. The van der Waals surface area contributed by atoms with Gasteiger partial charge in [-0.05, 0) is 26.0 Å². The maximum atomic E-state index is 12.0. The number of carbonyl (C=O) groups excluding carboxylic acids is 1. The lowest BCUT2D eigenvalue weighted by Gasteiger charge is -2.43. The van der Waals surface area contributed by atoms with Crippen LogP contribution in [0.15, 0.2) is 30.3 Å². The third-order valence-electron chi connectivity index (χ3n) is 3.41. The van der Waals surface area contributed by atoms with Gasteiger partial charge in [0.1, 0.15) is 17.9 Å². The number of rotatable bonds is 6. The Labute approximate surface area is 141 Å². The van der Waals surface area contributed by atoms with E-state index in [0.717, 1.165) is 5.75 Å². The summed E-state index contributed by atoms with van der Waals surface area (Å²) in [5.74, 6) is 0.394. The fourth-order valence-electron chi connectivity index (χ4n) is 2.08. The quantitative estimate of drug-likeness (QED) is 0.777. The summed E-state index contributed by atoms with van der Waals surface area (Å²) in [5, 5.41) is 5.57. The molecule has 0 atom stereocenters. The van der Waals surface area contributed by atoms with Crippen molar-refractivity contribution in [3.8, 4) is 5.75 Å². The molecule has 128 valence electrons. The summed E-state index contributed by atoms with van der Waals surface area (Å²) in [4.78, 5) is 12.0. The van der Waals surface area contributed by atoms with Gasteiger partial charge >= 0.3 is 6.03 Å². The Morgan fingerprint density at radius 1 is 1.26 bits per heavy atom. The van der Waals surface area contributed by atoms with Crippen LogP contribution in [0.25, 0.3) is 0 Å². The Kier molecular flexibility index (Phi) is 6.10. The largest absolute Gasteiger partial charge is 0.491 e. The lowest BCUT2D eigenvalue weighted by Crippen LogP contribution is -2.65. The third kappa shape index (κ3) is 5.57. The van der Waals surface area contributed by atoms with Gasteiger partial charge in [-0.3, -0.25) is 0 Å². The number of nitrogens with one attached hydrogen (secondary N) is 2. The molecule has 1 saturated heterocycles. The second-order valence-electron chi connectivity index (χ2n) is 5.93. The maximum absolute atomic E-state index is 12.0. The standard InChI is InChI=1S/C16H23ClN2O4/c1-15(2)22-11-16(12-23-15,19-14(20)18-9-8-17)10-21-13-6-4-3-5-7-13/h3-7H,8-12H2,1-2H3,(H2,18,19,20). The molecule has 23 heavy (non-hydrogen) atoms. The van der Waals surface area contributed by atoms with Crippen molar-refractivity contribution in [3.63, 3.8) is 0 Å². The van der Waals surface area contributed by atoms with E-state index in [1.54, 1.807) is 0 Å². The molecule has 0 aromatic heterocycles. The zero-order chi connectivity index (χ0) is 16.8. The van der Waals surface area contributed by atoms with Gasteiger partial charge in [0.05, 0.1) is 13.2 Å². The van der Waals surface area contributed by atoms with Crippen LogP contribution in [0.2, 0.25) is 0 Å². The molecule has 2 N–H and O–H groups in total. The first-order chi connectivity index (χ1) is 10.9. The molecule has 1 heterocycles. The molecule has 1 aromatic rings. The van der Waals surface area contributed by atoms with E-state index < -0.39 is 11.3 Å². The fourth-order valence-corrected chi connectivity index (χ4v) is 2.18. The van der Waals surface area contributed by atoms with Gasteiger partial charge in [0.2, 0.25) is 0 Å². The van der Waals surface area contributed by atoms with Crippen LogP contribution >= 0.6 is 11.6 Å². The number of amides is 2. The van der Waals surface area contributed by atoms with E-state index in [-0.39, 0.29) is 12.6 Å². The highest BCUT2D eigenvalue weighted by Crippen LogP contribution is 2.24. The van der Waals surface area contributed by atoms with Crippen LogP contribution in [0.4, 0.5) is 4.79 Å². The molecule has 0 spiro atoms. The fraction of sp³-hybridized carbons (Fsp3) is 0.562. The van der Waals surface area contributed by atoms with Gasteiger partial charge in [0.15, 0.2) is 5.79 Å². The van der Waals surface area contributed by atoms with Crippen molar-refractivity contribution in [3.05, 3.63) is 30.3 Å². The number of carbonyl (C=O) groups is 1. The van der Waals surface area contributed by atoms with Crippen LogP contribution in [-0.4, -0.2) is 49.6 Å². The first-order valence-electron chi connectivity index (χ1n) is 7.52. The van der Waals surface area contributed by atoms with Gasteiger partial charge in [-0.2, -0.15) is 0 Å². The molecular weight excluding hydrogens is 320 g/mol. The molecule has 2 rings (SSSR count). The van der Waals surface area contributed by atoms with Crippen LogP contribution in [0.3, 0.4) is 0 Å². The maximum Gasteiger partial charge on any atom is 0.315 e. The Hall–Kier alpha value is -1.50.